The Balaban J connectivity index is 1.31. The van der Waals surface area contributed by atoms with Crippen LogP contribution in [0.5, 0.6) is 0 Å². The number of alkyl halides is 1. The summed E-state index contributed by atoms with van der Waals surface area (Å²) in [6, 6.07) is 0.0562. The summed E-state index contributed by atoms with van der Waals surface area (Å²) in [5, 5.41) is 3.24. The molecule has 1 amide bonds. The van der Waals surface area contributed by atoms with Gasteiger partial charge in [-0.15, -0.1) is 6.58 Å². The Bertz CT molecular complexity index is 724. The smallest absolute Gasteiger partial charge is 0.249 e. The summed E-state index contributed by atoms with van der Waals surface area (Å²) in [5.41, 5.74) is 1.56. The SMILES string of the molecule is C=CC(C)CN1C=C(C(=O)NCC23CCC4CC42CC3)C2C(F)C=CCC21. The van der Waals surface area contributed by atoms with Crippen molar-refractivity contribution in [3.05, 3.63) is 36.6 Å². The molecule has 1 N–H and O–H groups in total. The number of hydrogen-bond acceptors (Lipinski definition) is 2. The van der Waals surface area contributed by atoms with Crippen LogP contribution in [0.3, 0.4) is 0 Å². The number of rotatable bonds is 6. The first kappa shape index (κ1) is 17.5. The number of fused-ring (bicyclic) bond motifs is 1. The molecule has 4 heteroatoms. The van der Waals surface area contributed by atoms with Gasteiger partial charge in [0.1, 0.15) is 6.17 Å². The van der Waals surface area contributed by atoms with Crippen molar-refractivity contribution in [2.75, 3.05) is 13.1 Å². The highest BCUT2D eigenvalue weighted by Gasteiger charge is 2.74. The second-order valence-corrected chi connectivity index (χ2v) is 9.75. The molecule has 1 heterocycles. The molecule has 0 saturated heterocycles. The predicted octanol–water partition coefficient (Wildman–Crippen LogP) is 3.99. The summed E-state index contributed by atoms with van der Waals surface area (Å²) in [7, 11) is 0. The van der Waals surface area contributed by atoms with Crippen molar-refractivity contribution >= 4 is 5.91 Å². The van der Waals surface area contributed by atoms with Crippen LogP contribution in [0.15, 0.2) is 36.6 Å². The van der Waals surface area contributed by atoms with Gasteiger partial charge in [0.15, 0.2) is 0 Å². The highest BCUT2D eigenvalue weighted by molar-refractivity contribution is 5.94. The lowest BCUT2D eigenvalue weighted by Crippen LogP contribution is -2.49. The van der Waals surface area contributed by atoms with E-state index < -0.39 is 6.17 Å². The standard InChI is InChI=1S/C23H31FN2O/c1-3-15(2)12-26-13-17(20-18(24)5-4-6-19(20)26)21(27)25-14-22-8-7-16-11-23(16,22)10-9-22/h3-5,13,15-16,18-20H,1,6-12,14H2,2H3,(H,25,27). The number of halogens is 1. The van der Waals surface area contributed by atoms with Gasteiger partial charge in [-0.25, -0.2) is 4.39 Å². The largest absolute Gasteiger partial charge is 0.372 e. The molecule has 0 aromatic carbocycles. The number of amides is 1. The predicted molar refractivity (Wildman–Crippen MR) is 105 cm³/mol. The van der Waals surface area contributed by atoms with Crippen LogP contribution < -0.4 is 5.32 Å². The summed E-state index contributed by atoms with van der Waals surface area (Å²) in [4.78, 5) is 15.3. The van der Waals surface area contributed by atoms with E-state index in [9.17, 15) is 9.18 Å². The van der Waals surface area contributed by atoms with Gasteiger partial charge < -0.3 is 10.2 Å². The lowest BCUT2D eigenvalue weighted by atomic mass is 9.57. The van der Waals surface area contributed by atoms with Crippen molar-refractivity contribution in [2.45, 2.75) is 57.7 Å². The Morgan fingerprint density at radius 3 is 3.00 bits per heavy atom. The molecular weight excluding hydrogens is 339 g/mol. The third-order valence-electron chi connectivity index (χ3n) is 8.61. The highest BCUT2D eigenvalue weighted by Crippen LogP contribution is 2.81. The second-order valence-electron chi connectivity index (χ2n) is 9.75. The van der Waals surface area contributed by atoms with Crippen LogP contribution in [0.25, 0.3) is 0 Å². The Hall–Kier alpha value is -1.58. The van der Waals surface area contributed by atoms with Crippen LogP contribution >= 0.6 is 0 Å². The molecule has 5 rings (SSSR count). The summed E-state index contributed by atoms with van der Waals surface area (Å²) in [6.45, 7) is 7.55. The fraction of sp³-hybridized carbons (Fsp3) is 0.696. The van der Waals surface area contributed by atoms with Gasteiger partial charge in [-0.3, -0.25) is 4.79 Å². The molecular formula is C23H31FN2O. The quantitative estimate of drug-likeness (QED) is 0.717. The van der Waals surface area contributed by atoms with Crippen LogP contribution in [-0.4, -0.2) is 36.1 Å². The Morgan fingerprint density at radius 1 is 1.48 bits per heavy atom. The Labute approximate surface area is 161 Å². The van der Waals surface area contributed by atoms with Gasteiger partial charge in [-0.05, 0) is 61.2 Å². The van der Waals surface area contributed by atoms with Gasteiger partial charge in [-0.1, -0.05) is 25.2 Å². The molecule has 0 radical (unpaired) electrons. The van der Waals surface area contributed by atoms with Gasteiger partial charge >= 0.3 is 0 Å². The fourth-order valence-electron chi connectivity index (χ4n) is 6.76. The molecule has 3 nitrogen and oxygen atoms in total. The average molecular weight is 371 g/mol. The minimum atomic E-state index is -1.07. The molecule has 3 fully saturated rings. The maximum Gasteiger partial charge on any atom is 0.249 e. The molecule has 1 aliphatic heterocycles. The molecule has 5 aliphatic rings. The molecule has 27 heavy (non-hydrogen) atoms. The first-order valence-electron chi connectivity index (χ1n) is 10.7. The normalized spacial score (nSPS) is 44.5. The molecule has 0 bridgehead atoms. The fourth-order valence-corrected chi connectivity index (χ4v) is 6.76. The zero-order valence-corrected chi connectivity index (χ0v) is 16.3. The maximum absolute atomic E-state index is 14.7. The number of carbonyl (C=O) groups excluding carboxylic acids is 1. The maximum atomic E-state index is 14.7. The summed E-state index contributed by atoms with van der Waals surface area (Å²) >= 11 is 0. The number of allylic oxidation sites excluding steroid dienone is 1. The van der Waals surface area contributed by atoms with E-state index in [1.165, 1.54) is 32.1 Å². The van der Waals surface area contributed by atoms with Gasteiger partial charge in [0.25, 0.3) is 0 Å². The Morgan fingerprint density at radius 2 is 2.33 bits per heavy atom. The lowest BCUT2D eigenvalue weighted by Gasteiger charge is -2.49. The van der Waals surface area contributed by atoms with Crippen molar-refractivity contribution in [2.24, 2.45) is 28.6 Å². The van der Waals surface area contributed by atoms with Crippen molar-refractivity contribution < 1.29 is 9.18 Å². The van der Waals surface area contributed by atoms with Crippen molar-refractivity contribution in [3.8, 4) is 0 Å². The summed E-state index contributed by atoms with van der Waals surface area (Å²) in [6.07, 6.45) is 13.7. The Kier molecular flexibility index (Phi) is 3.86. The summed E-state index contributed by atoms with van der Waals surface area (Å²) < 4.78 is 14.7. The van der Waals surface area contributed by atoms with E-state index in [2.05, 4.69) is 23.7 Å². The van der Waals surface area contributed by atoms with Gasteiger partial charge in [0.2, 0.25) is 5.91 Å². The number of carbonyl (C=O) groups is 1. The minimum Gasteiger partial charge on any atom is -0.372 e. The summed E-state index contributed by atoms with van der Waals surface area (Å²) in [5.74, 6) is 0.856. The highest BCUT2D eigenvalue weighted by atomic mass is 19.1. The third-order valence-corrected chi connectivity index (χ3v) is 8.61. The number of nitrogens with one attached hydrogen (secondary N) is 1. The van der Waals surface area contributed by atoms with E-state index in [0.29, 0.717) is 22.3 Å². The van der Waals surface area contributed by atoms with E-state index in [-0.39, 0.29) is 17.9 Å². The minimum absolute atomic E-state index is 0.0442. The molecule has 4 aliphatic carbocycles. The van der Waals surface area contributed by atoms with Crippen molar-refractivity contribution in [1.82, 2.24) is 10.2 Å². The van der Waals surface area contributed by atoms with E-state index in [1.807, 2.05) is 18.4 Å². The van der Waals surface area contributed by atoms with E-state index in [1.54, 1.807) is 6.08 Å². The third kappa shape index (κ3) is 2.41. The van der Waals surface area contributed by atoms with Gasteiger partial charge in [0, 0.05) is 36.8 Å². The molecule has 146 valence electrons. The van der Waals surface area contributed by atoms with Gasteiger partial charge in [-0.2, -0.15) is 0 Å². The number of nitrogens with zero attached hydrogens (tertiary/aromatic N) is 1. The monoisotopic (exact) mass is 370 g/mol. The van der Waals surface area contributed by atoms with Crippen LogP contribution in [0.4, 0.5) is 4.39 Å². The van der Waals surface area contributed by atoms with Crippen LogP contribution in [0.1, 0.15) is 45.4 Å². The molecule has 3 saturated carbocycles. The first-order valence-corrected chi connectivity index (χ1v) is 10.7. The van der Waals surface area contributed by atoms with E-state index in [0.717, 1.165) is 25.4 Å². The second kappa shape index (κ2) is 5.96. The zero-order chi connectivity index (χ0) is 18.8. The molecule has 0 aromatic rings. The number of hydrogen-bond donors (Lipinski definition) is 1. The zero-order valence-electron chi connectivity index (χ0n) is 16.3. The van der Waals surface area contributed by atoms with Crippen molar-refractivity contribution in [3.63, 3.8) is 0 Å². The van der Waals surface area contributed by atoms with Gasteiger partial charge in [0.05, 0.1) is 0 Å². The van der Waals surface area contributed by atoms with E-state index in [4.69, 9.17) is 0 Å². The first-order chi connectivity index (χ1) is 13.0. The van der Waals surface area contributed by atoms with E-state index >= 15 is 0 Å². The van der Waals surface area contributed by atoms with Crippen molar-refractivity contribution in [1.29, 1.82) is 0 Å². The molecule has 7 atom stereocenters. The average Bonchev–Trinajstić information content (AvgIpc) is 3.25. The molecule has 0 aromatic heterocycles. The molecule has 7 unspecified atom stereocenters. The lowest BCUT2D eigenvalue weighted by molar-refractivity contribution is -0.119. The van der Waals surface area contributed by atoms with Crippen LogP contribution in [0, 0.1) is 28.6 Å². The van der Waals surface area contributed by atoms with Crippen LogP contribution in [-0.2, 0) is 4.79 Å². The molecule has 1 spiro atoms. The topological polar surface area (TPSA) is 32.3 Å². The van der Waals surface area contributed by atoms with Crippen LogP contribution in [0.2, 0.25) is 0 Å².